The van der Waals surface area contributed by atoms with E-state index >= 15 is 0 Å². The second-order valence-corrected chi connectivity index (χ2v) is 2.82. The molecule has 0 unspecified atom stereocenters. The highest BCUT2D eigenvalue weighted by molar-refractivity contribution is 4.38. The fourth-order valence-corrected chi connectivity index (χ4v) is 0.894. The van der Waals surface area contributed by atoms with E-state index in [-0.39, 0.29) is 0 Å². The highest BCUT2D eigenvalue weighted by Gasteiger charge is 2.15. The Kier molecular flexibility index (Phi) is 4.03. The van der Waals surface area contributed by atoms with Gasteiger partial charge in [0.2, 0.25) is 0 Å². The fourth-order valence-electron chi connectivity index (χ4n) is 0.894. The van der Waals surface area contributed by atoms with Gasteiger partial charge in [-0.05, 0) is 0 Å². The van der Waals surface area contributed by atoms with E-state index < -0.39 is 0 Å². The van der Waals surface area contributed by atoms with Crippen molar-refractivity contribution >= 4 is 0 Å². The summed E-state index contributed by atoms with van der Waals surface area (Å²) in [6.45, 7) is 2.16. The molecule has 82 valence electrons. The molecule has 2 heterocycles. The van der Waals surface area contributed by atoms with E-state index in [4.69, 9.17) is 9.78 Å². The Balaban J connectivity index is 1.46. The normalized spacial score (nSPS) is 24.9. The third-order valence-corrected chi connectivity index (χ3v) is 1.66. The zero-order valence-corrected chi connectivity index (χ0v) is 7.59. The Bertz CT molecular complexity index is 140. The maximum Gasteiger partial charge on any atom is 0.139 e. The molecule has 2 aliphatic heterocycles. The van der Waals surface area contributed by atoms with Crippen LogP contribution in [-0.4, -0.2) is 50.2 Å². The monoisotopic (exact) mass is 208 g/mol. The molecule has 0 aliphatic carbocycles. The van der Waals surface area contributed by atoms with Gasteiger partial charge < -0.3 is 0 Å². The van der Waals surface area contributed by atoms with Gasteiger partial charge in [-0.1, -0.05) is 0 Å². The quantitative estimate of drug-likeness (QED) is 0.331. The summed E-state index contributed by atoms with van der Waals surface area (Å²) in [5.74, 6) is 0. The Morgan fingerprint density at radius 3 is 1.43 bits per heavy atom. The number of nitrogens with zero attached hydrogens (tertiary/aromatic N) is 2. The van der Waals surface area contributed by atoms with Crippen molar-refractivity contribution in [2.75, 3.05) is 40.4 Å². The summed E-state index contributed by atoms with van der Waals surface area (Å²) in [5.41, 5.74) is 0. The predicted octanol–water partition coefficient (Wildman–Crippen LogP) is -0.793. The zero-order chi connectivity index (χ0) is 9.64. The molecule has 0 aromatic carbocycles. The minimum Gasteiger partial charge on any atom is -0.225 e. The highest BCUT2D eigenvalue weighted by Crippen LogP contribution is 2.02. The summed E-state index contributed by atoms with van der Waals surface area (Å²) in [6, 6.07) is 0. The first-order chi connectivity index (χ1) is 6.95. The summed E-state index contributed by atoms with van der Waals surface area (Å²) in [5, 5.41) is 0. The smallest absolute Gasteiger partial charge is 0.139 e. The minimum absolute atomic E-state index is 0.301. The third kappa shape index (κ3) is 3.12. The Hall–Kier alpha value is -0.320. The fraction of sp³-hybridized carbons (Fsp3) is 1.00. The molecule has 0 spiro atoms. The molecule has 0 aromatic rings. The molecule has 0 atom stereocenters. The first-order valence-electron chi connectivity index (χ1n) is 4.13. The lowest BCUT2D eigenvalue weighted by atomic mass is 10.9. The van der Waals surface area contributed by atoms with E-state index in [0.29, 0.717) is 40.4 Å². The van der Waals surface area contributed by atoms with Gasteiger partial charge in [0.15, 0.2) is 0 Å². The van der Waals surface area contributed by atoms with Crippen LogP contribution < -0.4 is 0 Å². The molecule has 2 saturated heterocycles. The first kappa shape index (κ1) is 10.2. The van der Waals surface area contributed by atoms with Crippen molar-refractivity contribution in [2.45, 2.75) is 0 Å². The molecule has 0 N–H and O–H groups in total. The maximum atomic E-state index is 4.89. The highest BCUT2D eigenvalue weighted by atomic mass is 17.2. The van der Waals surface area contributed by atoms with Crippen LogP contribution in [0, 0.1) is 0 Å². The summed E-state index contributed by atoms with van der Waals surface area (Å²) in [6.07, 6.45) is 0. The van der Waals surface area contributed by atoms with Crippen LogP contribution in [0.4, 0.5) is 0 Å². The summed E-state index contributed by atoms with van der Waals surface area (Å²) in [4.78, 5) is 31.8. The topological polar surface area (TPSA) is 61.9 Å². The minimum atomic E-state index is 0.301. The average molecular weight is 208 g/mol. The van der Waals surface area contributed by atoms with Gasteiger partial charge >= 0.3 is 0 Å². The van der Waals surface area contributed by atoms with Gasteiger partial charge in [-0.25, -0.2) is 39.1 Å². The number of rotatable bonds is 5. The van der Waals surface area contributed by atoms with E-state index in [2.05, 4.69) is 19.6 Å². The maximum absolute atomic E-state index is 4.89. The van der Waals surface area contributed by atoms with Crippen LogP contribution in [0.3, 0.4) is 0 Å². The van der Waals surface area contributed by atoms with Crippen LogP contribution in [0.5, 0.6) is 0 Å². The van der Waals surface area contributed by atoms with Crippen LogP contribution in [0.2, 0.25) is 0 Å². The van der Waals surface area contributed by atoms with Crippen molar-refractivity contribution in [2.24, 2.45) is 0 Å². The van der Waals surface area contributed by atoms with Crippen LogP contribution in [-0.2, 0) is 29.3 Å². The van der Waals surface area contributed by atoms with Crippen molar-refractivity contribution in [1.82, 2.24) is 9.80 Å². The molecule has 0 bridgehead atoms. The molecule has 2 aliphatic rings. The van der Waals surface area contributed by atoms with E-state index in [1.807, 2.05) is 0 Å². The second kappa shape index (κ2) is 5.53. The molecule has 14 heavy (non-hydrogen) atoms. The summed E-state index contributed by atoms with van der Waals surface area (Å²) < 4.78 is 0. The molecule has 0 aromatic heterocycles. The Morgan fingerprint density at radius 2 is 1.07 bits per heavy atom. The molecule has 0 saturated carbocycles. The number of hydrogen-bond acceptors (Lipinski definition) is 8. The predicted molar refractivity (Wildman–Crippen MR) is 39.4 cm³/mol. The second-order valence-electron chi connectivity index (χ2n) is 2.82. The van der Waals surface area contributed by atoms with Gasteiger partial charge in [0, 0.05) is 0 Å². The van der Waals surface area contributed by atoms with Crippen molar-refractivity contribution < 1.29 is 29.3 Å². The van der Waals surface area contributed by atoms with E-state index in [1.165, 1.54) is 0 Å². The van der Waals surface area contributed by atoms with Crippen LogP contribution >= 0.6 is 0 Å². The molecular formula is C6H12N2O6. The van der Waals surface area contributed by atoms with Gasteiger partial charge in [-0.2, -0.15) is 0 Å². The Labute approximate surface area is 80.5 Å². The van der Waals surface area contributed by atoms with E-state index in [1.54, 1.807) is 9.80 Å². The standard InChI is InChI=1S/C6H12N2O6/c1-7(2-10-9-1)5-13-14-6-8-3-11-12-4-8/h1-6H2. The van der Waals surface area contributed by atoms with Crippen molar-refractivity contribution in [1.29, 1.82) is 0 Å². The van der Waals surface area contributed by atoms with Crippen LogP contribution in [0.15, 0.2) is 0 Å². The molecular weight excluding hydrogens is 196 g/mol. The van der Waals surface area contributed by atoms with Gasteiger partial charge in [-0.15, -0.1) is 0 Å². The zero-order valence-electron chi connectivity index (χ0n) is 7.59. The first-order valence-corrected chi connectivity index (χ1v) is 4.13. The molecule has 8 heteroatoms. The lowest BCUT2D eigenvalue weighted by molar-refractivity contribution is -0.333. The Morgan fingerprint density at radius 1 is 0.714 bits per heavy atom. The van der Waals surface area contributed by atoms with Crippen molar-refractivity contribution in [3.05, 3.63) is 0 Å². The lowest BCUT2D eigenvalue weighted by Crippen LogP contribution is -2.27. The number of hydrogen-bond donors (Lipinski definition) is 0. The molecule has 2 fully saturated rings. The molecule has 0 amide bonds. The van der Waals surface area contributed by atoms with E-state index in [9.17, 15) is 0 Å². The van der Waals surface area contributed by atoms with Gasteiger partial charge in [0.1, 0.15) is 40.4 Å². The van der Waals surface area contributed by atoms with E-state index in [0.717, 1.165) is 0 Å². The SMILES string of the molecule is C1OOCN1COOCN1COOC1. The molecule has 8 nitrogen and oxygen atoms in total. The van der Waals surface area contributed by atoms with Crippen LogP contribution in [0.1, 0.15) is 0 Å². The summed E-state index contributed by atoms with van der Waals surface area (Å²) >= 11 is 0. The van der Waals surface area contributed by atoms with Gasteiger partial charge in [0.05, 0.1) is 0 Å². The molecule has 2 rings (SSSR count). The van der Waals surface area contributed by atoms with Crippen molar-refractivity contribution in [3.8, 4) is 0 Å². The average Bonchev–Trinajstić information content (AvgIpc) is 2.86. The largest absolute Gasteiger partial charge is 0.225 e. The van der Waals surface area contributed by atoms with Gasteiger partial charge in [-0.3, -0.25) is 0 Å². The lowest BCUT2D eigenvalue weighted by Gasteiger charge is -2.13. The van der Waals surface area contributed by atoms with Crippen molar-refractivity contribution in [3.63, 3.8) is 0 Å². The van der Waals surface area contributed by atoms with Gasteiger partial charge in [0.25, 0.3) is 0 Å². The summed E-state index contributed by atoms with van der Waals surface area (Å²) in [7, 11) is 0. The third-order valence-electron chi connectivity index (χ3n) is 1.66. The van der Waals surface area contributed by atoms with Crippen LogP contribution in [0.25, 0.3) is 0 Å². The molecule has 0 radical (unpaired) electrons.